The lowest BCUT2D eigenvalue weighted by atomic mass is 10.0. The predicted octanol–water partition coefficient (Wildman–Crippen LogP) is 5.61. The molecule has 0 aliphatic carbocycles. The van der Waals surface area contributed by atoms with Crippen LogP contribution in [0.25, 0.3) is 4.85 Å². The molecule has 0 aliphatic heterocycles. The predicted molar refractivity (Wildman–Crippen MR) is 118 cm³/mol. The van der Waals surface area contributed by atoms with Crippen molar-refractivity contribution in [3.8, 4) is 5.75 Å². The number of hydrogen-bond acceptors (Lipinski definition) is 4. The van der Waals surface area contributed by atoms with E-state index in [0.717, 1.165) is 0 Å². The van der Waals surface area contributed by atoms with E-state index >= 15 is 0 Å². The van der Waals surface area contributed by atoms with Gasteiger partial charge in [0.1, 0.15) is 5.75 Å². The summed E-state index contributed by atoms with van der Waals surface area (Å²) < 4.78 is 5.21. The van der Waals surface area contributed by atoms with Crippen LogP contribution in [0.5, 0.6) is 5.75 Å². The number of aromatic nitrogens is 1. The van der Waals surface area contributed by atoms with Crippen LogP contribution in [0.4, 0.5) is 11.4 Å². The third-order valence-electron chi connectivity index (χ3n) is 4.16. The Balaban J connectivity index is 0.00000320. The van der Waals surface area contributed by atoms with E-state index in [9.17, 15) is 9.59 Å². The molecule has 3 rings (SSSR count). The highest BCUT2D eigenvalue weighted by atomic mass is 35.5. The summed E-state index contributed by atoms with van der Waals surface area (Å²) in [7, 11) is 1.50. The van der Waals surface area contributed by atoms with Crippen LogP contribution in [0.15, 0.2) is 60.8 Å². The fourth-order valence-corrected chi connectivity index (χ4v) is 2.75. The molecule has 6 nitrogen and oxygen atoms in total. The molecule has 30 heavy (non-hydrogen) atoms. The number of anilines is 1. The summed E-state index contributed by atoms with van der Waals surface area (Å²) >= 11 is 5.84. The van der Waals surface area contributed by atoms with Gasteiger partial charge in [-0.15, -0.1) is 0 Å². The van der Waals surface area contributed by atoms with Crippen molar-refractivity contribution in [3.05, 3.63) is 94.1 Å². The van der Waals surface area contributed by atoms with E-state index in [2.05, 4.69) is 15.1 Å². The minimum absolute atomic E-state index is 0. The van der Waals surface area contributed by atoms with Gasteiger partial charge in [0.25, 0.3) is 5.91 Å². The van der Waals surface area contributed by atoms with E-state index < -0.39 is 0 Å². The number of methoxy groups -OCH3 is 1. The minimum atomic E-state index is -0.384. The second kappa shape index (κ2) is 10.2. The molecule has 0 spiro atoms. The average molecular weight is 422 g/mol. The van der Waals surface area contributed by atoms with E-state index in [1.165, 1.54) is 13.3 Å². The second-order valence-electron chi connectivity index (χ2n) is 6.09. The first-order valence-electron chi connectivity index (χ1n) is 8.60. The van der Waals surface area contributed by atoms with Crippen LogP contribution in [0.2, 0.25) is 5.02 Å². The molecule has 0 unspecified atom stereocenters. The minimum Gasteiger partial charge on any atom is -0.497 e. The van der Waals surface area contributed by atoms with Crippen LogP contribution < -0.4 is 10.1 Å². The molecule has 0 radical (unpaired) electrons. The average Bonchev–Trinajstić information content (AvgIpc) is 2.75. The fourth-order valence-electron chi connectivity index (χ4n) is 2.64. The number of amides is 1. The smallest absolute Gasteiger partial charge is 0.255 e. The molecule has 0 fully saturated rings. The van der Waals surface area contributed by atoms with Crippen LogP contribution in [-0.2, 0) is 6.42 Å². The molecule has 0 bridgehead atoms. The highest BCUT2D eigenvalue weighted by Crippen LogP contribution is 2.25. The number of ether oxygens (including phenoxy) is 1. The molecule has 0 atom stereocenters. The molecule has 1 heterocycles. The molecule has 2 aromatic carbocycles. The summed E-state index contributed by atoms with van der Waals surface area (Å²) in [5, 5.41) is 3.24. The number of ketones is 1. The topological polar surface area (TPSA) is 72.7 Å². The molecule has 0 saturated carbocycles. The van der Waals surface area contributed by atoms with Gasteiger partial charge in [0.05, 0.1) is 30.8 Å². The fraction of sp³-hybridized carbons (Fsp3) is 0.130. The van der Waals surface area contributed by atoms with Crippen molar-refractivity contribution >= 4 is 34.7 Å². The Hall–Kier alpha value is -3.69. The number of carbonyl (C=O) groups excluding carboxylic acids is 2. The Morgan fingerprint density at radius 1 is 1.13 bits per heavy atom. The van der Waals surface area contributed by atoms with Gasteiger partial charge < -0.3 is 10.1 Å². The zero-order chi connectivity index (χ0) is 20.8. The first kappa shape index (κ1) is 22.6. The number of hydrogen-bond donors (Lipinski definition) is 1. The summed E-state index contributed by atoms with van der Waals surface area (Å²) in [5.74, 6) is -0.112. The van der Waals surface area contributed by atoms with E-state index in [1.54, 1.807) is 54.6 Å². The molecule has 7 heteroatoms. The van der Waals surface area contributed by atoms with Gasteiger partial charge in [-0.05, 0) is 30.3 Å². The number of carbonyl (C=O) groups is 2. The number of nitrogens with zero attached hydrogens (tertiary/aromatic N) is 2. The third kappa shape index (κ3) is 5.43. The lowest BCUT2D eigenvalue weighted by Crippen LogP contribution is -2.16. The molecular formula is C23H20ClN3O3. The molecule has 3 aromatic rings. The maximum Gasteiger partial charge on any atom is 0.255 e. The van der Waals surface area contributed by atoms with E-state index in [1.807, 2.05) is 0 Å². The number of Topliss-reactive ketones (excluding diaryl/α,β-unsaturated/α-hetero) is 1. The maximum atomic E-state index is 12.9. The molecule has 0 aliphatic rings. The number of pyridine rings is 1. The zero-order valence-electron chi connectivity index (χ0n) is 15.5. The van der Waals surface area contributed by atoms with Crippen LogP contribution in [0.3, 0.4) is 0 Å². The molecule has 0 saturated heterocycles. The summed E-state index contributed by atoms with van der Waals surface area (Å²) in [4.78, 5) is 32.9. The maximum absolute atomic E-state index is 12.9. The van der Waals surface area contributed by atoms with E-state index in [-0.39, 0.29) is 25.5 Å². The Bertz CT molecular complexity index is 1090. The van der Waals surface area contributed by atoms with Gasteiger partial charge in [-0.3, -0.25) is 14.6 Å². The SMILES string of the molecule is C.[C-]#[N+]c1ccc(C(=O)Nc2ccc(OC)cc2C(=O)Cc2ccc(Cl)cn2)cc1. The number of nitrogens with one attached hydrogen (secondary N) is 1. The first-order valence-corrected chi connectivity index (χ1v) is 8.98. The van der Waals surface area contributed by atoms with Crippen molar-refractivity contribution in [2.45, 2.75) is 13.8 Å². The molecule has 1 amide bonds. The largest absolute Gasteiger partial charge is 0.497 e. The summed E-state index contributed by atoms with van der Waals surface area (Å²) in [6.07, 6.45) is 1.53. The van der Waals surface area contributed by atoms with Gasteiger partial charge in [-0.2, -0.15) is 0 Å². The van der Waals surface area contributed by atoms with E-state index in [0.29, 0.717) is 39.0 Å². The Morgan fingerprint density at radius 2 is 1.87 bits per heavy atom. The van der Waals surface area contributed by atoms with Gasteiger partial charge in [0.2, 0.25) is 0 Å². The van der Waals surface area contributed by atoms with Crippen LogP contribution in [-0.4, -0.2) is 23.8 Å². The summed E-state index contributed by atoms with van der Waals surface area (Å²) in [5.41, 5.74) is 2.06. The van der Waals surface area contributed by atoms with Crippen molar-refractivity contribution < 1.29 is 14.3 Å². The van der Waals surface area contributed by atoms with Crippen molar-refractivity contribution in [1.82, 2.24) is 4.98 Å². The van der Waals surface area contributed by atoms with Crippen molar-refractivity contribution in [2.24, 2.45) is 0 Å². The highest BCUT2D eigenvalue weighted by molar-refractivity contribution is 6.30. The lowest BCUT2D eigenvalue weighted by Gasteiger charge is -2.12. The quantitative estimate of drug-likeness (QED) is 0.415. The van der Waals surface area contributed by atoms with Crippen LogP contribution in [0.1, 0.15) is 33.8 Å². The van der Waals surface area contributed by atoms with Crippen LogP contribution >= 0.6 is 11.6 Å². The molecule has 1 N–H and O–H groups in total. The number of benzene rings is 2. The molecule has 152 valence electrons. The normalized spacial score (nSPS) is 9.77. The Morgan fingerprint density at radius 3 is 2.47 bits per heavy atom. The Kier molecular flexibility index (Phi) is 7.68. The third-order valence-corrected chi connectivity index (χ3v) is 4.39. The van der Waals surface area contributed by atoms with Gasteiger partial charge >= 0.3 is 0 Å². The van der Waals surface area contributed by atoms with Gasteiger partial charge in [0, 0.05) is 23.0 Å². The zero-order valence-corrected chi connectivity index (χ0v) is 16.2. The molecule has 1 aromatic heterocycles. The molecular weight excluding hydrogens is 402 g/mol. The number of rotatable bonds is 6. The van der Waals surface area contributed by atoms with Gasteiger partial charge in [0.15, 0.2) is 11.5 Å². The monoisotopic (exact) mass is 421 g/mol. The lowest BCUT2D eigenvalue weighted by molar-refractivity contribution is 0.0992. The summed E-state index contributed by atoms with van der Waals surface area (Å²) in [6.45, 7) is 6.98. The van der Waals surface area contributed by atoms with Crippen LogP contribution in [0, 0.1) is 6.57 Å². The Labute approximate surface area is 180 Å². The van der Waals surface area contributed by atoms with Gasteiger partial charge in [-0.25, -0.2) is 4.85 Å². The van der Waals surface area contributed by atoms with E-state index in [4.69, 9.17) is 22.9 Å². The number of halogens is 1. The first-order chi connectivity index (χ1) is 14.0. The van der Waals surface area contributed by atoms with Crippen molar-refractivity contribution in [2.75, 3.05) is 12.4 Å². The van der Waals surface area contributed by atoms with Gasteiger partial charge in [-0.1, -0.05) is 43.3 Å². The second-order valence-corrected chi connectivity index (χ2v) is 6.53. The summed E-state index contributed by atoms with van der Waals surface area (Å²) in [6, 6.07) is 14.5. The van der Waals surface area contributed by atoms with Crippen molar-refractivity contribution in [3.63, 3.8) is 0 Å². The van der Waals surface area contributed by atoms with Crippen molar-refractivity contribution in [1.29, 1.82) is 0 Å². The standard InChI is InChI=1S/C22H16ClN3O3.CH4/c1-24-16-6-3-14(4-7-16)22(28)26-20-10-9-18(29-2)12-19(20)21(27)11-17-8-5-15(23)13-25-17;/h3-10,12-13H,11H2,2H3,(H,26,28);1H4. The highest BCUT2D eigenvalue weighted by Gasteiger charge is 2.17.